The fourth-order valence-electron chi connectivity index (χ4n) is 3.04. The average Bonchev–Trinajstić information content (AvgIpc) is 2.61. The van der Waals surface area contributed by atoms with Gasteiger partial charge < -0.3 is 9.64 Å². The number of carbonyl (C=O) groups excluding carboxylic acids is 1. The highest BCUT2D eigenvalue weighted by Gasteiger charge is 2.29. The molecule has 2 atom stereocenters. The van der Waals surface area contributed by atoms with E-state index in [-0.39, 0.29) is 17.9 Å². The van der Waals surface area contributed by atoms with Crippen LogP contribution in [0.1, 0.15) is 24.0 Å². The average molecular weight is 345 g/mol. The van der Waals surface area contributed by atoms with Gasteiger partial charge in [0.15, 0.2) is 0 Å². The highest BCUT2D eigenvalue weighted by atomic mass is 35.5. The zero-order valence-corrected chi connectivity index (χ0v) is 14.4. The number of halogens is 1. The molecule has 1 aromatic heterocycles. The van der Waals surface area contributed by atoms with Gasteiger partial charge in [0.1, 0.15) is 0 Å². The van der Waals surface area contributed by atoms with Crippen LogP contribution in [0.3, 0.4) is 0 Å². The Kier molecular flexibility index (Phi) is 5.48. The summed E-state index contributed by atoms with van der Waals surface area (Å²) in [5.41, 5.74) is 2.08. The van der Waals surface area contributed by atoms with Gasteiger partial charge in [0, 0.05) is 30.5 Å². The van der Waals surface area contributed by atoms with Gasteiger partial charge in [-0.15, -0.1) is 0 Å². The predicted molar refractivity (Wildman–Crippen MR) is 94.1 cm³/mol. The van der Waals surface area contributed by atoms with Gasteiger partial charge in [-0.2, -0.15) is 0 Å². The Hall–Kier alpha value is -1.91. The summed E-state index contributed by atoms with van der Waals surface area (Å²) in [6.45, 7) is 3.87. The normalized spacial score (nSPS) is 19.1. The largest absolute Gasteiger partial charge is 0.375 e. The Bertz CT molecular complexity index is 676. The molecule has 0 N–H and O–H groups in total. The molecule has 2 heterocycles. The van der Waals surface area contributed by atoms with Crippen LogP contribution in [0, 0.1) is 0 Å². The minimum atomic E-state index is -0.227. The fourth-order valence-corrected chi connectivity index (χ4v) is 3.16. The van der Waals surface area contributed by atoms with Crippen LogP contribution in [0.5, 0.6) is 0 Å². The van der Waals surface area contributed by atoms with Crippen molar-refractivity contribution in [1.29, 1.82) is 0 Å². The maximum atomic E-state index is 13.2. The zero-order valence-electron chi connectivity index (χ0n) is 13.7. The summed E-state index contributed by atoms with van der Waals surface area (Å²) in [6.07, 6.45) is 4.24. The van der Waals surface area contributed by atoms with Crippen molar-refractivity contribution in [3.8, 4) is 0 Å². The molecule has 1 aromatic carbocycles. The number of rotatable bonds is 4. The predicted octanol–water partition coefficient (Wildman–Crippen LogP) is 3.31. The molecule has 0 aliphatic carbocycles. The number of aromatic nitrogens is 1. The highest BCUT2D eigenvalue weighted by Crippen LogP contribution is 2.26. The second kappa shape index (κ2) is 7.77. The first-order valence-electron chi connectivity index (χ1n) is 8.18. The number of pyridine rings is 1. The Morgan fingerprint density at radius 1 is 1.29 bits per heavy atom. The third kappa shape index (κ3) is 4.13. The number of hydrogen-bond acceptors (Lipinski definition) is 3. The first-order valence-corrected chi connectivity index (χ1v) is 8.56. The van der Waals surface area contributed by atoms with Gasteiger partial charge in [-0.1, -0.05) is 23.7 Å². The van der Waals surface area contributed by atoms with Crippen molar-refractivity contribution in [2.75, 3.05) is 19.7 Å². The van der Waals surface area contributed by atoms with Crippen LogP contribution in [-0.2, 0) is 16.0 Å². The lowest BCUT2D eigenvalue weighted by atomic mass is 9.90. The molecule has 1 amide bonds. The van der Waals surface area contributed by atoms with Crippen LogP contribution in [-0.4, -0.2) is 41.6 Å². The van der Waals surface area contributed by atoms with Crippen molar-refractivity contribution in [2.45, 2.75) is 25.4 Å². The second-order valence-electron chi connectivity index (χ2n) is 6.13. The molecule has 1 aliphatic rings. The van der Waals surface area contributed by atoms with Crippen molar-refractivity contribution < 1.29 is 9.53 Å². The minimum absolute atomic E-state index is 0.0782. The van der Waals surface area contributed by atoms with E-state index in [1.807, 2.05) is 48.2 Å². The Balaban J connectivity index is 1.86. The molecule has 1 fully saturated rings. The Labute approximate surface area is 147 Å². The van der Waals surface area contributed by atoms with Crippen molar-refractivity contribution >= 4 is 17.5 Å². The maximum absolute atomic E-state index is 13.2. The summed E-state index contributed by atoms with van der Waals surface area (Å²) >= 11 is 6.00. The molecule has 2 aromatic rings. The van der Waals surface area contributed by atoms with Crippen LogP contribution < -0.4 is 0 Å². The summed E-state index contributed by atoms with van der Waals surface area (Å²) in [7, 11) is 0. The van der Waals surface area contributed by atoms with Crippen molar-refractivity contribution in [3.63, 3.8) is 0 Å². The molecule has 5 heteroatoms. The van der Waals surface area contributed by atoms with Gasteiger partial charge in [0.05, 0.1) is 18.6 Å². The topological polar surface area (TPSA) is 42.4 Å². The number of nitrogens with zero attached hydrogens (tertiary/aromatic N) is 2. The number of morpholine rings is 1. The Morgan fingerprint density at radius 3 is 2.67 bits per heavy atom. The molecule has 126 valence electrons. The summed E-state index contributed by atoms with van der Waals surface area (Å²) in [6, 6.07) is 11.5. The van der Waals surface area contributed by atoms with Crippen LogP contribution >= 0.6 is 11.6 Å². The fraction of sp³-hybridized carbons (Fsp3) is 0.368. The van der Waals surface area contributed by atoms with E-state index >= 15 is 0 Å². The number of benzene rings is 1. The van der Waals surface area contributed by atoms with Crippen molar-refractivity contribution in [2.24, 2.45) is 0 Å². The molecule has 2 unspecified atom stereocenters. The molecule has 0 bridgehead atoms. The highest BCUT2D eigenvalue weighted by molar-refractivity contribution is 6.30. The monoisotopic (exact) mass is 344 g/mol. The molecule has 1 aliphatic heterocycles. The van der Waals surface area contributed by atoms with Gasteiger partial charge in [-0.3, -0.25) is 9.78 Å². The molecule has 24 heavy (non-hydrogen) atoms. The Morgan fingerprint density at radius 2 is 2.00 bits per heavy atom. The van der Waals surface area contributed by atoms with E-state index in [0.717, 1.165) is 11.1 Å². The molecular formula is C19H21ClN2O2. The third-order valence-electron chi connectivity index (χ3n) is 4.31. The van der Waals surface area contributed by atoms with Crippen LogP contribution in [0.15, 0.2) is 48.8 Å². The lowest BCUT2D eigenvalue weighted by molar-refractivity contribution is -0.139. The van der Waals surface area contributed by atoms with Gasteiger partial charge >= 0.3 is 0 Å². The summed E-state index contributed by atoms with van der Waals surface area (Å²) < 4.78 is 5.56. The molecule has 4 nitrogen and oxygen atoms in total. The number of hydrogen-bond donors (Lipinski definition) is 0. The van der Waals surface area contributed by atoms with E-state index in [1.54, 1.807) is 12.4 Å². The van der Waals surface area contributed by atoms with Gasteiger partial charge in [-0.05, 0) is 48.7 Å². The summed E-state index contributed by atoms with van der Waals surface area (Å²) in [5.74, 6) is -0.0840. The molecule has 0 saturated carbocycles. The van der Waals surface area contributed by atoms with Crippen LogP contribution in [0.25, 0.3) is 0 Å². The molecular weight excluding hydrogens is 324 g/mol. The SMILES string of the molecule is CC1CN(C(=O)C(Cc2ccncc2)c2ccc(Cl)cc2)CCO1. The lowest BCUT2D eigenvalue weighted by Crippen LogP contribution is -2.46. The van der Waals surface area contributed by atoms with E-state index in [0.29, 0.717) is 31.1 Å². The maximum Gasteiger partial charge on any atom is 0.230 e. The van der Waals surface area contributed by atoms with E-state index in [2.05, 4.69) is 4.98 Å². The van der Waals surface area contributed by atoms with Gasteiger partial charge in [-0.25, -0.2) is 0 Å². The van der Waals surface area contributed by atoms with E-state index in [1.165, 1.54) is 0 Å². The molecule has 1 saturated heterocycles. The van der Waals surface area contributed by atoms with Crippen LogP contribution in [0.4, 0.5) is 0 Å². The molecule has 0 spiro atoms. The number of amides is 1. The first kappa shape index (κ1) is 16.9. The first-order chi connectivity index (χ1) is 11.6. The minimum Gasteiger partial charge on any atom is -0.375 e. The van der Waals surface area contributed by atoms with E-state index in [4.69, 9.17) is 16.3 Å². The van der Waals surface area contributed by atoms with Crippen LogP contribution in [0.2, 0.25) is 5.02 Å². The molecule has 3 rings (SSSR count). The van der Waals surface area contributed by atoms with Crippen molar-refractivity contribution in [3.05, 3.63) is 64.9 Å². The van der Waals surface area contributed by atoms with E-state index in [9.17, 15) is 4.79 Å². The zero-order chi connectivity index (χ0) is 16.9. The lowest BCUT2D eigenvalue weighted by Gasteiger charge is -2.34. The third-order valence-corrected chi connectivity index (χ3v) is 4.56. The van der Waals surface area contributed by atoms with Crippen molar-refractivity contribution in [1.82, 2.24) is 9.88 Å². The number of carbonyl (C=O) groups is 1. The van der Waals surface area contributed by atoms with E-state index < -0.39 is 0 Å². The summed E-state index contributed by atoms with van der Waals surface area (Å²) in [4.78, 5) is 19.1. The quantitative estimate of drug-likeness (QED) is 0.854. The smallest absolute Gasteiger partial charge is 0.230 e. The summed E-state index contributed by atoms with van der Waals surface area (Å²) in [5, 5.41) is 0.675. The standard InChI is InChI=1S/C19H21ClN2O2/c1-14-13-22(10-11-24-14)19(23)18(12-15-6-8-21-9-7-15)16-2-4-17(20)5-3-16/h2-9,14,18H,10-13H2,1H3. The van der Waals surface area contributed by atoms with Gasteiger partial charge in [0.25, 0.3) is 0 Å². The second-order valence-corrected chi connectivity index (χ2v) is 6.57. The molecule has 0 radical (unpaired) electrons. The van der Waals surface area contributed by atoms with Gasteiger partial charge in [0.2, 0.25) is 5.91 Å². The number of ether oxygens (including phenoxy) is 1.